The second-order valence-electron chi connectivity index (χ2n) is 6.08. The number of hydrogen-bond acceptors (Lipinski definition) is 3. The van der Waals surface area contributed by atoms with Gasteiger partial charge in [-0.3, -0.25) is 9.10 Å². The zero-order valence-electron chi connectivity index (χ0n) is 13.9. The lowest BCUT2D eigenvalue weighted by molar-refractivity contribution is -0.130. The second kappa shape index (κ2) is 7.33. The quantitative estimate of drug-likeness (QED) is 0.646. The molecular weight excluding hydrogens is 451 g/mol. The summed E-state index contributed by atoms with van der Waals surface area (Å²) in [6.07, 6.45) is 1.92. The first kappa shape index (κ1) is 18.2. The van der Waals surface area contributed by atoms with Crippen molar-refractivity contribution in [2.24, 2.45) is 0 Å². The third-order valence-electron chi connectivity index (χ3n) is 4.28. The number of carbonyl (C=O) groups excluding carboxylic acids is 1. The van der Waals surface area contributed by atoms with Crippen LogP contribution in [0.3, 0.4) is 0 Å². The van der Waals surface area contributed by atoms with Crippen molar-refractivity contribution in [3.63, 3.8) is 0 Å². The lowest BCUT2D eigenvalue weighted by Gasteiger charge is -2.31. The molecule has 1 heterocycles. The third-order valence-corrected chi connectivity index (χ3v) is 6.14. The Balaban J connectivity index is 1.79. The standard InChI is InChI=1S/C18H19IN2O3S/c1-25(23,24)21(17-8-6-16(19)7-9-17)13-18(22)20-11-10-14-4-2-3-5-15(14)12-20/h2-9H,10-13H2,1H3. The SMILES string of the molecule is CS(=O)(=O)N(CC(=O)N1CCc2ccccc2C1)c1ccc(I)cc1. The highest BCUT2D eigenvalue weighted by Crippen LogP contribution is 2.22. The molecule has 0 spiro atoms. The van der Waals surface area contributed by atoms with Gasteiger partial charge in [0, 0.05) is 16.7 Å². The largest absolute Gasteiger partial charge is 0.336 e. The fraction of sp³-hybridized carbons (Fsp3) is 0.278. The number of anilines is 1. The van der Waals surface area contributed by atoms with Gasteiger partial charge in [-0.2, -0.15) is 0 Å². The molecule has 0 saturated carbocycles. The van der Waals surface area contributed by atoms with E-state index >= 15 is 0 Å². The van der Waals surface area contributed by atoms with Crippen molar-refractivity contribution < 1.29 is 13.2 Å². The number of amides is 1. The molecule has 0 bridgehead atoms. The summed E-state index contributed by atoms with van der Waals surface area (Å²) in [5, 5.41) is 0. The topological polar surface area (TPSA) is 57.7 Å². The first-order valence-corrected chi connectivity index (χ1v) is 10.8. The number of benzene rings is 2. The molecule has 0 atom stereocenters. The Hall–Kier alpha value is -1.61. The normalized spacial score (nSPS) is 14.1. The van der Waals surface area contributed by atoms with Crippen LogP contribution in [0.25, 0.3) is 0 Å². The van der Waals surface area contributed by atoms with Crippen LogP contribution in [0.5, 0.6) is 0 Å². The van der Waals surface area contributed by atoms with Crippen molar-refractivity contribution in [3.05, 3.63) is 63.2 Å². The second-order valence-corrected chi connectivity index (χ2v) is 9.23. The van der Waals surface area contributed by atoms with Gasteiger partial charge in [0.15, 0.2) is 0 Å². The fourth-order valence-electron chi connectivity index (χ4n) is 2.94. The van der Waals surface area contributed by atoms with Gasteiger partial charge in [-0.1, -0.05) is 24.3 Å². The van der Waals surface area contributed by atoms with Crippen molar-refractivity contribution in [3.8, 4) is 0 Å². The van der Waals surface area contributed by atoms with E-state index in [1.807, 2.05) is 30.3 Å². The van der Waals surface area contributed by atoms with Crippen LogP contribution < -0.4 is 4.31 Å². The summed E-state index contributed by atoms with van der Waals surface area (Å²) in [6, 6.07) is 15.2. The molecule has 5 nitrogen and oxygen atoms in total. The minimum Gasteiger partial charge on any atom is -0.336 e. The van der Waals surface area contributed by atoms with Crippen LogP contribution >= 0.6 is 22.6 Å². The highest BCUT2D eigenvalue weighted by atomic mass is 127. The summed E-state index contributed by atoms with van der Waals surface area (Å²) < 4.78 is 26.6. The lowest BCUT2D eigenvalue weighted by Crippen LogP contribution is -2.44. The molecule has 0 N–H and O–H groups in total. The molecule has 2 aromatic carbocycles. The van der Waals surface area contributed by atoms with Crippen molar-refractivity contribution in [1.82, 2.24) is 4.90 Å². The maximum atomic E-state index is 12.7. The zero-order chi connectivity index (χ0) is 18.0. The predicted molar refractivity (Wildman–Crippen MR) is 107 cm³/mol. The Labute approximate surface area is 161 Å². The van der Waals surface area contributed by atoms with Crippen LogP contribution in [-0.2, 0) is 27.8 Å². The maximum Gasteiger partial charge on any atom is 0.243 e. The van der Waals surface area contributed by atoms with Crippen LogP contribution in [0.1, 0.15) is 11.1 Å². The molecule has 132 valence electrons. The Bertz CT molecular complexity index is 881. The van der Waals surface area contributed by atoms with Crippen LogP contribution in [0.2, 0.25) is 0 Å². The van der Waals surface area contributed by atoms with Crippen LogP contribution in [0.15, 0.2) is 48.5 Å². The number of fused-ring (bicyclic) bond motifs is 1. The summed E-state index contributed by atoms with van der Waals surface area (Å²) in [6.45, 7) is 0.959. The molecule has 0 aliphatic carbocycles. The van der Waals surface area contributed by atoms with Gasteiger partial charge in [0.2, 0.25) is 15.9 Å². The maximum absolute atomic E-state index is 12.7. The molecule has 0 fully saturated rings. The van der Waals surface area contributed by atoms with Crippen LogP contribution in [0, 0.1) is 3.57 Å². The van der Waals surface area contributed by atoms with E-state index in [-0.39, 0.29) is 12.5 Å². The molecule has 0 saturated heterocycles. The fourth-order valence-corrected chi connectivity index (χ4v) is 4.15. The summed E-state index contributed by atoms with van der Waals surface area (Å²) in [7, 11) is -3.54. The molecule has 0 radical (unpaired) electrons. The summed E-state index contributed by atoms with van der Waals surface area (Å²) in [4.78, 5) is 14.5. The lowest BCUT2D eigenvalue weighted by atomic mass is 10.00. The van der Waals surface area contributed by atoms with E-state index in [1.54, 1.807) is 17.0 Å². The van der Waals surface area contributed by atoms with Crippen molar-refractivity contribution >= 4 is 44.2 Å². The third kappa shape index (κ3) is 4.33. The number of nitrogens with zero attached hydrogens (tertiary/aromatic N) is 2. The number of carbonyl (C=O) groups is 1. The smallest absolute Gasteiger partial charge is 0.243 e. The summed E-state index contributed by atoms with van der Waals surface area (Å²) in [5.74, 6) is -0.182. The van der Waals surface area contributed by atoms with Gasteiger partial charge < -0.3 is 4.90 Å². The number of halogens is 1. The van der Waals surface area contributed by atoms with E-state index in [0.29, 0.717) is 18.8 Å². The Morgan fingerprint density at radius 2 is 1.76 bits per heavy atom. The van der Waals surface area contributed by atoms with Crippen molar-refractivity contribution in [2.75, 3.05) is 23.7 Å². The zero-order valence-corrected chi connectivity index (χ0v) is 16.8. The van der Waals surface area contributed by atoms with E-state index in [9.17, 15) is 13.2 Å². The van der Waals surface area contributed by atoms with Gasteiger partial charge in [-0.15, -0.1) is 0 Å². The summed E-state index contributed by atoms with van der Waals surface area (Å²) in [5.41, 5.74) is 2.89. The molecule has 1 amide bonds. The highest BCUT2D eigenvalue weighted by Gasteiger charge is 2.26. The monoisotopic (exact) mass is 470 g/mol. The molecule has 2 aromatic rings. The van der Waals surface area contributed by atoms with Gasteiger partial charge in [0.1, 0.15) is 6.54 Å². The summed E-state index contributed by atoms with van der Waals surface area (Å²) >= 11 is 2.16. The minimum absolute atomic E-state index is 0.179. The number of hydrogen-bond donors (Lipinski definition) is 0. The molecule has 25 heavy (non-hydrogen) atoms. The van der Waals surface area contributed by atoms with E-state index in [4.69, 9.17) is 0 Å². The average molecular weight is 470 g/mol. The Kier molecular flexibility index (Phi) is 5.33. The van der Waals surface area contributed by atoms with E-state index < -0.39 is 10.0 Å². The molecule has 0 unspecified atom stereocenters. The molecule has 0 aromatic heterocycles. The number of sulfonamides is 1. The van der Waals surface area contributed by atoms with Crippen LogP contribution in [-0.4, -0.2) is 38.6 Å². The molecule has 3 rings (SSSR count). The van der Waals surface area contributed by atoms with Gasteiger partial charge in [-0.25, -0.2) is 8.42 Å². The highest BCUT2D eigenvalue weighted by molar-refractivity contribution is 14.1. The number of rotatable bonds is 4. The molecular formula is C18H19IN2O3S. The van der Waals surface area contributed by atoms with Gasteiger partial charge in [0.25, 0.3) is 0 Å². The molecule has 1 aliphatic heterocycles. The Morgan fingerprint density at radius 3 is 2.40 bits per heavy atom. The van der Waals surface area contributed by atoms with Gasteiger partial charge >= 0.3 is 0 Å². The van der Waals surface area contributed by atoms with Crippen molar-refractivity contribution in [1.29, 1.82) is 0 Å². The predicted octanol–water partition coefficient (Wildman–Crippen LogP) is 2.64. The van der Waals surface area contributed by atoms with Gasteiger partial charge in [0.05, 0.1) is 11.9 Å². The average Bonchev–Trinajstić information content (AvgIpc) is 2.59. The first-order chi connectivity index (χ1) is 11.8. The first-order valence-electron chi connectivity index (χ1n) is 7.92. The van der Waals surface area contributed by atoms with E-state index in [1.165, 1.54) is 9.87 Å². The van der Waals surface area contributed by atoms with E-state index in [2.05, 4.69) is 28.7 Å². The molecule has 7 heteroatoms. The van der Waals surface area contributed by atoms with Crippen molar-refractivity contribution in [2.45, 2.75) is 13.0 Å². The van der Waals surface area contributed by atoms with Crippen LogP contribution in [0.4, 0.5) is 5.69 Å². The van der Waals surface area contributed by atoms with E-state index in [0.717, 1.165) is 21.8 Å². The Morgan fingerprint density at radius 1 is 1.12 bits per heavy atom. The van der Waals surface area contributed by atoms with Gasteiger partial charge in [-0.05, 0) is 64.4 Å². The molecule has 1 aliphatic rings. The minimum atomic E-state index is -3.54.